The van der Waals surface area contributed by atoms with E-state index < -0.39 is 5.97 Å². The van der Waals surface area contributed by atoms with E-state index in [1.807, 2.05) is 11.6 Å². The van der Waals surface area contributed by atoms with Crippen LogP contribution in [0.1, 0.15) is 48.1 Å². The number of aromatic nitrogens is 3. The number of benzene rings is 1. The van der Waals surface area contributed by atoms with E-state index >= 15 is 0 Å². The molecule has 4 rings (SSSR count). The highest BCUT2D eigenvalue weighted by atomic mass is 16.4. The Labute approximate surface area is 131 Å². The maximum Gasteiger partial charge on any atom is 0.335 e. The fourth-order valence-corrected chi connectivity index (χ4v) is 3.33. The predicted octanol–water partition coefficient (Wildman–Crippen LogP) is 2.86. The number of aromatic carboxylic acids is 1. The Hall–Kier alpha value is -2.63. The molecular weight excluding hydrogens is 294 g/mol. The predicted molar refractivity (Wildman–Crippen MR) is 87.1 cm³/mol. The molecule has 0 radical (unpaired) electrons. The van der Waals surface area contributed by atoms with Gasteiger partial charge in [0.15, 0.2) is 0 Å². The minimum atomic E-state index is -0.946. The Kier molecular flexibility index (Phi) is 3.01. The molecule has 1 aliphatic rings. The lowest BCUT2D eigenvalue weighted by molar-refractivity contribution is 0.0696. The highest BCUT2D eigenvalue weighted by molar-refractivity contribution is 6.06. The molecule has 1 aliphatic carbocycles. The summed E-state index contributed by atoms with van der Waals surface area (Å²) in [5.41, 5.74) is 2.25. The highest BCUT2D eigenvalue weighted by Gasteiger charge is 2.24. The maximum absolute atomic E-state index is 12.3. The molecular formula is C17H17N3O3. The van der Waals surface area contributed by atoms with Crippen molar-refractivity contribution in [2.24, 2.45) is 0 Å². The topological polar surface area (TPSA) is 88.0 Å². The number of carbonyl (C=O) groups is 1. The number of aryl methyl sites for hydroxylation is 1. The van der Waals surface area contributed by atoms with Crippen molar-refractivity contribution in [2.75, 3.05) is 0 Å². The Morgan fingerprint density at radius 2 is 2.17 bits per heavy atom. The molecule has 23 heavy (non-hydrogen) atoms. The quantitative estimate of drug-likeness (QED) is 0.778. The summed E-state index contributed by atoms with van der Waals surface area (Å²) in [6.07, 6.45) is 5.43. The van der Waals surface area contributed by atoms with Gasteiger partial charge in [0, 0.05) is 5.39 Å². The molecule has 0 atom stereocenters. The Morgan fingerprint density at radius 1 is 1.39 bits per heavy atom. The highest BCUT2D eigenvalue weighted by Crippen LogP contribution is 2.35. The molecule has 6 heteroatoms. The van der Waals surface area contributed by atoms with Crippen molar-refractivity contribution in [3.05, 3.63) is 39.8 Å². The van der Waals surface area contributed by atoms with Crippen molar-refractivity contribution >= 4 is 27.8 Å². The van der Waals surface area contributed by atoms with Gasteiger partial charge in [-0.15, -0.1) is 0 Å². The molecule has 2 aromatic heterocycles. The van der Waals surface area contributed by atoms with E-state index in [0.29, 0.717) is 23.4 Å². The Morgan fingerprint density at radius 3 is 2.78 bits per heavy atom. The van der Waals surface area contributed by atoms with Crippen LogP contribution < -0.4 is 5.56 Å². The van der Waals surface area contributed by atoms with E-state index in [4.69, 9.17) is 0 Å². The van der Waals surface area contributed by atoms with E-state index in [0.717, 1.165) is 35.7 Å². The zero-order valence-electron chi connectivity index (χ0n) is 12.8. The molecule has 6 nitrogen and oxygen atoms in total. The molecule has 0 bridgehead atoms. The molecule has 1 saturated carbocycles. The van der Waals surface area contributed by atoms with Crippen LogP contribution in [0.2, 0.25) is 0 Å². The number of nitrogens with one attached hydrogen (secondary N) is 1. The van der Waals surface area contributed by atoms with Gasteiger partial charge in [0.25, 0.3) is 5.56 Å². The van der Waals surface area contributed by atoms with Gasteiger partial charge in [-0.3, -0.25) is 9.48 Å². The van der Waals surface area contributed by atoms with Gasteiger partial charge in [-0.1, -0.05) is 6.92 Å². The minimum Gasteiger partial charge on any atom is -0.478 e. The summed E-state index contributed by atoms with van der Waals surface area (Å²) in [6.45, 7) is 1.91. The van der Waals surface area contributed by atoms with Crippen molar-refractivity contribution in [1.29, 1.82) is 0 Å². The van der Waals surface area contributed by atoms with Crippen LogP contribution in [0, 0.1) is 0 Å². The number of fused-ring (bicyclic) bond motifs is 3. The Balaban J connectivity index is 2.13. The molecule has 2 N–H and O–H groups in total. The van der Waals surface area contributed by atoms with Gasteiger partial charge < -0.3 is 10.1 Å². The van der Waals surface area contributed by atoms with Crippen molar-refractivity contribution in [3.8, 4) is 0 Å². The SMILES string of the molecule is CCc1cc2[nH]c(=O)c3cnn(C4CCC4)c3c2cc1C(=O)O. The van der Waals surface area contributed by atoms with E-state index in [9.17, 15) is 14.7 Å². The van der Waals surface area contributed by atoms with Gasteiger partial charge in [-0.25, -0.2) is 4.79 Å². The van der Waals surface area contributed by atoms with Gasteiger partial charge >= 0.3 is 5.97 Å². The number of hydrogen-bond acceptors (Lipinski definition) is 3. The van der Waals surface area contributed by atoms with Crippen molar-refractivity contribution in [2.45, 2.75) is 38.6 Å². The first-order chi connectivity index (χ1) is 11.1. The molecule has 1 fully saturated rings. The number of aromatic amines is 1. The first-order valence-electron chi connectivity index (χ1n) is 7.89. The number of nitrogens with zero attached hydrogens (tertiary/aromatic N) is 2. The molecule has 1 aromatic carbocycles. The minimum absolute atomic E-state index is 0.178. The number of pyridine rings is 1. The van der Waals surface area contributed by atoms with E-state index in [1.165, 1.54) is 0 Å². The van der Waals surface area contributed by atoms with Gasteiger partial charge in [-0.2, -0.15) is 5.10 Å². The van der Waals surface area contributed by atoms with Gasteiger partial charge in [-0.05, 0) is 43.4 Å². The number of rotatable bonds is 3. The van der Waals surface area contributed by atoms with Crippen molar-refractivity contribution in [3.63, 3.8) is 0 Å². The van der Waals surface area contributed by atoms with Crippen LogP contribution in [0.4, 0.5) is 0 Å². The summed E-state index contributed by atoms with van der Waals surface area (Å²) in [5.74, 6) is -0.946. The molecule has 2 heterocycles. The van der Waals surface area contributed by atoms with Gasteiger partial charge in [0.2, 0.25) is 0 Å². The fraction of sp³-hybridized carbons (Fsp3) is 0.353. The fourth-order valence-electron chi connectivity index (χ4n) is 3.33. The summed E-state index contributed by atoms with van der Waals surface area (Å²) >= 11 is 0. The molecule has 0 saturated heterocycles. The monoisotopic (exact) mass is 311 g/mol. The smallest absolute Gasteiger partial charge is 0.335 e. The van der Waals surface area contributed by atoms with E-state index in [-0.39, 0.29) is 11.1 Å². The van der Waals surface area contributed by atoms with Crippen LogP contribution in [0.5, 0.6) is 0 Å². The molecule has 0 aliphatic heterocycles. The Bertz CT molecular complexity index is 996. The number of carboxylic acids is 1. The largest absolute Gasteiger partial charge is 0.478 e. The molecule has 3 aromatic rings. The first kappa shape index (κ1) is 14.0. The lowest BCUT2D eigenvalue weighted by Gasteiger charge is -2.26. The molecule has 118 valence electrons. The zero-order chi connectivity index (χ0) is 16.1. The van der Waals surface area contributed by atoms with Crippen LogP contribution in [0.25, 0.3) is 21.8 Å². The van der Waals surface area contributed by atoms with Crippen LogP contribution in [0.3, 0.4) is 0 Å². The third-order valence-electron chi connectivity index (χ3n) is 4.82. The van der Waals surface area contributed by atoms with Gasteiger partial charge in [0.05, 0.1) is 34.2 Å². The third-order valence-corrected chi connectivity index (χ3v) is 4.82. The average Bonchev–Trinajstić information content (AvgIpc) is 2.89. The van der Waals surface area contributed by atoms with Gasteiger partial charge in [0.1, 0.15) is 0 Å². The van der Waals surface area contributed by atoms with Crippen LogP contribution >= 0.6 is 0 Å². The van der Waals surface area contributed by atoms with E-state index in [2.05, 4.69) is 10.1 Å². The second-order valence-electron chi connectivity index (χ2n) is 6.10. The number of carboxylic acid groups (broad SMARTS) is 1. The molecule has 0 unspecified atom stereocenters. The van der Waals surface area contributed by atoms with Crippen LogP contribution in [-0.2, 0) is 6.42 Å². The normalized spacial score (nSPS) is 15.2. The number of hydrogen-bond donors (Lipinski definition) is 2. The first-order valence-corrected chi connectivity index (χ1v) is 7.89. The van der Waals surface area contributed by atoms with Crippen LogP contribution in [-0.4, -0.2) is 25.8 Å². The van der Waals surface area contributed by atoms with Crippen molar-refractivity contribution < 1.29 is 9.90 Å². The lowest BCUT2D eigenvalue weighted by Crippen LogP contribution is -2.18. The number of H-pyrrole nitrogens is 1. The standard InChI is InChI=1S/C17H17N3O3/c1-2-9-6-14-12(7-11(9)17(22)23)15-13(16(21)19-14)8-18-20(15)10-4-3-5-10/h6-8,10H,2-5H2,1H3,(H,19,21)(H,22,23). The third kappa shape index (κ3) is 1.98. The second kappa shape index (κ2) is 4.94. The second-order valence-corrected chi connectivity index (χ2v) is 6.10. The summed E-state index contributed by atoms with van der Waals surface area (Å²) in [7, 11) is 0. The van der Waals surface area contributed by atoms with Crippen LogP contribution in [0.15, 0.2) is 23.1 Å². The van der Waals surface area contributed by atoms with Crippen molar-refractivity contribution in [1.82, 2.24) is 14.8 Å². The lowest BCUT2D eigenvalue weighted by atomic mass is 9.93. The van der Waals surface area contributed by atoms with E-state index in [1.54, 1.807) is 18.3 Å². The summed E-state index contributed by atoms with van der Waals surface area (Å²) in [4.78, 5) is 26.7. The summed E-state index contributed by atoms with van der Waals surface area (Å²) in [5, 5.41) is 15.1. The molecule has 0 amide bonds. The zero-order valence-corrected chi connectivity index (χ0v) is 12.8. The summed E-state index contributed by atoms with van der Waals surface area (Å²) < 4.78 is 1.90. The maximum atomic E-state index is 12.3. The summed E-state index contributed by atoms with van der Waals surface area (Å²) in [6, 6.07) is 3.75. The molecule has 0 spiro atoms. The average molecular weight is 311 g/mol.